The molecular weight excluding hydrogens is 206 g/mol. The third-order valence-electron chi connectivity index (χ3n) is 2.33. The minimum atomic E-state index is -0.815. The number of ether oxygens (including phenoxy) is 2. The van der Waals surface area contributed by atoms with E-state index in [1.165, 1.54) is 0 Å². The van der Waals surface area contributed by atoms with Gasteiger partial charge < -0.3 is 19.2 Å². The van der Waals surface area contributed by atoms with Crippen LogP contribution in [0.25, 0.3) is 0 Å². The monoisotopic (exact) mass is 214 g/mol. The molecule has 0 bridgehead atoms. The Morgan fingerprint density at radius 1 is 1.29 bits per heavy atom. The van der Waals surface area contributed by atoms with E-state index in [0.29, 0.717) is 12.4 Å². The molecule has 1 N–H and O–H groups in total. The fourth-order valence-corrected chi connectivity index (χ4v) is 1.68. The van der Waals surface area contributed by atoms with Gasteiger partial charge in [0, 0.05) is 5.56 Å². The van der Waals surface area contributed by atoms with E-state index in [-0.39, 0.29) is 19.2 Å². The third-order valence-corrected chi connectivity index (χ3v) is 2.33. The van der Waals surface area contributed by atoms with E-state index in [0.717, 1.165) is 16.8 Å². The molecule has 1 aromatic rings. The predicted molar refractivity (Wildman–Crippen MR) is 52.2 cm³/mol. The van der Waals surface area contributed by atoms with Gasteiger partial charge >= 0.3 is 7.12 Å². The largest absolute Gasteiger partial charge is 0.491 e. The second-order valence-electron chi connectivity index (χ2n) is 3.03. The van der Waals surface area contributed by atoms with Gasteiger partial charge in [0.2, 0.25) is 6.79 Å². The maximum Gasteiger partial charge on any atom is 0.491 e. The number of benzene rings is 1. The summed E-state index contributed by atoms with van der Waals surface area (Å²) in [7, 11) is -0.815. The number of rotatable bonds is 0. The average Bonchev–Trinajstić information content (AvgIpc) is 2.70. The van der Waals surface area contributed by atoms with Gasteiger partial charge in [0.05, 0.1) is 6.61 Å². The molecule has 0 saturated carbocycles. The summed E-state index contributed by atoms with van der Waals surface area (Å²) in [5.74, 6) is 1.45. The van der Waals surface area contributed by atoms with Crippen molar-refractivity contribution in [3.05, 3.63) is 17.7 Å². The van der Waals surface area contributed by atoms with E-state index in [1.54, 1.807) is 12.1 Å². The summed E-state index contributed by atoms with van der Waals surface area (Å²) in [6, 6.07) is 3.60. The SMILES string of the molecule is Cl.OB1OCc2c1ccc1c2OCO1. The van der Waals surface area contributed by atoms with Gasteiger partial charge in [-0.2, -0.15) is 0 Å². The lowest BCUT2D eigenvalue weighted by Gasteiger charge is -2.01. The molecule has 0 atom stereocenters. The molecule has 74 valence electrons. The van der Waals surface area contributed by atoms with E-state index in [1.807, 2.05) is 0 Å². The van der Waals surface area contributed by atoms with Gasteiger partial charge in [-0.15, -0.1) is 12.4 Å². The molecule has 4 nitrogen and oxygen atoms in total. The van der Waals surface area contributed by atoms with Crippen molar-refractivity contribution < 1.29 is 19.2 Å². The molecule has 0 saturated heterocycles. The number of hydrogen-bond acceptors (Lipinski definition) is 4. The van der Waals surface area contributed by atoms with Crippen LogP contribution in [0.4, 0.5) is 0 Å². The molecule has 0 amide bonds. The van der Waals surface area contributed by atoms with E-state index in [9.17, 15) is 5.02 Å². The van der Waals surface area contributed by atoms with Crippen LogP contribution in [0.1, 0.15) is 5.56 Å². The number of fused-ring (bicyclic) bond motifs is 3. The minimum absolute atomic E-state index is 0. The first-order valence-corrected chi connectivity index (χ1v) is 4.07. The lowest BCUT2D eigenvalue weighted by molar-refractivity contribution is 0.172. The summed E-state index contributed by atoms with van der Waals surface area (Å²) in [5.41, 5.74) is 1.69. The Balaban J connectivity index is 0.000000750. The Hall–Kier alpha value is -0.905. The maximum atomic E-state index is 9.39. The van der Waals surface area contributed by atoms with Crippen molar-refractivity contribution in [2.24, 2.45) is 0 Å². The van der Waals surface area contributed by atoms with Gasteiger partial charge in [0.1, 0.15) is 0 Å². The predicted octanol–water partition coefficient (Wildman–Crippen LogP) is 0.0548. The molecule has 0 unspecified atom stereocenters. The summed E-state index contributed by atoms with van der Waals surface area (Å²) in [6.45, 7) is 0.644. The van der Waals surface area contributed by atoms with Crippen LogP contribution in [0.15, 0.2) is 12.1 Å². The van der Waals surface area contributed by atoms with Gasteiger partial charge in [-0.05, 0) is 11.5 Å². The zero-order valence-electron chi connectivity index (χ0n) is 7.23. The fourth-order valence-electron chi connectivity index (χ4n) is 1.68. The van der Waals surface area contributed by atoms with Crippen molar-refractivity contribution in [3.8, 4) is 11.5 Å². The molecule has 14 heavy (non-hydrogen) atoms. The van der Waals surface area contributed by atoms with Crippen LogP contribution in [0, 0.1) is 0 Å². The molecule has 6 heteroatoms. The van der Waals surface area contributed by atoms with Crippen molar-refractivity contribution in [1.82, 2.24) is 0 Å². The summed E-state index contributed by atoms with van der Waals surface area (Å²) >= 11 is 0. The van der Waals surface area contributed by atoms with Gasteiger partial charge in [-0.1, -0.05) is 6.07 Å². The van der Waals surface area contributed by atoms with Gasteiger partial charge in [0.25, 0.3) is 0 Å². The summed E-state index contributed by atoms with van der Waals surface area (Å²) in [5, 5.41) is 9.39. The van der Waals surface area contributed by atoms with Crippen molar-refractivity contribution in [3.63, 3.8) is 0 Å². The third kappa shape index (κ3) is 1.17. The fraction of sp³-hybridized carbons (Fsp3) is 0.250. The summed E-state index contributed by atoms with van der Waals surface area (Å²) < 4.78 is 15.5. The average molecular weight is 214 g/mol. The molecule has 0 fully saturated rings. The van der Waals surface area contributed by atoms with Crippen LogP contribution >= 0.6 is 12.4 Å². The first kappa shape index (κ1) is 9.64. The summed E-state index contributed by atoms with van der Waals surface area (Å²) in [4.78, 5) is 0. The molecule has 0 aliphatic carbocycles. The van der Waals surface area contributed by atoms with E-state index in [2.05, 4.69) is 0 Å². The topological polar surface area (TPSA) is 47.9 Å². The highest BCUT2D eigenvalue weighted by atomic mass is 35.5. The Kier molecular flexibility index (Phi) is 2.30. The van der Waals surface area contributed by atoms with Crippen LogP contribution in [-0.2, 0) is 11.3 Å². The number of hydrogen-bond donors (Lipinski definition) is 1. The van der Waals surface area contributed by atoms with E-state index < -0.39 is 7.12 Å². The van der Waals surface area contributed by atoms with Crippen LogP contribution in [0.5, 0.6) is 11.5 Å². The first-order valence-electron chi connectivity index (χ1n) is 4.07. The minimum Gasteiger partial charge on any atom is -0.454 e. The highest BCUT2D eigenvalue weighted by molar-refractivity contribution is 6.61. The molecule has 0 aromatic heterocycles. The van der Waals surface area contributed by atoms with Gasteiger partial charge in [0.15, 0.2) is 11.5 Å². The molecule has 0 spiro atoms. The van der Waals surface area contributed by atoms with Crippen LogP contribution < -0.4 is 14.9 Å². The molecule has 2 aliphatic rings. The molecular formula is C8H8BClO4. The van der Waals surface area contributed by atoms with Crippen LogP contribution in [0.3, 0.4) is 0 Å². The second kappa shape index (κ2) is 3.35. The van der Waals surface area contributed by atoms with Crippen molar-refractivity contribution in [2.45, 2.75) is 6.61 Å². The molecule has 2 heterocycles. The molecule has 0 radical (unpaired) electrons. The second-order valence-corrected chi connectivity index (χ2v) is 3.03. The Morgan fingerprint density at radius 2 is 2.14 bits per heavy atom. The van der Waals surface area contributed by atoms with Crippen LogP contribution in [0.2, 0.25) is 0 Å². The zero-order valence-corrected chi connectivity index (χ0v) is 8.04. The number of halogens is 1. The summed E-state index contributed by atoms with van der Waals surface area (Å²) in [6.07, 6.45) is 0. The highest BCUT2D eigenvalue weighted by Gasteiger charge is 2.33. The Bertz CT molecular complexity index is 371. The standard InChI is InChI=1S/C8H7BO4.ClH/c10-9-6-1-2-7-8(12-4-11-7)5(6)3-13-9;/h1-2,10H,3-4H2;1H. The Morgan fingerprint density at radius 3 is 3.00 bits per heavy atom. The maximum absolute atomic E-state index is 9.39. The normalized spacial score (nSPS) is 16.5. The van der Waals surface area contributed by atoms with Crippen molar-refractivity contribution in [2.75, 3.05) is 6.79 Å². The smallest absolute Gasteiger partial charge is 0.454 e. The van der Waals surface area contributed by atoms with Gasteiger partial charge in [-0.3, -0.25) is 0 Å². The lowest BCUT2D eigenvalue weighted by Crippen LogP contribution is -2.27. The van der Waals surface area contributed by atoms with Crippen molar-refractivity contribution >= 4 is 25.0 Å². The van der Waals surface area contributed by atoms with E-state index >= 15 is 0 Å². The lowest BCUT2D eigenvalue weighted by atomic mass is 9.79. The van der Waals surface area contributed by atoms with Crippen LogP contribution in [-0.4, -0.2) is 18.9 Å². The quantitative estimate of drug-likeness (QED) is 0.620. The first-order chi connectivity index (χ1) is 6.36. The molecule has 3 rings (SSSR count). The Labute approximate surface area is 87.3 Å². The van der Waals surface area contributed by atoms with E-state index in [4.69, 9.17) is 14.1 Å². The molecule has 1 aromatic carbocycles. The molecule has 2 aliphatic heterocycles. The highest BCUT2D eigenvalue weighted by Crippen LogP contribution is 2.36. The zero-order chi connectivity index (χ0) is 8.84. The van der Waals surface area contributed by atoms with Crippen molar-refractivity contribution in [1.29, 1.82) is 0 Å². The van der Waals surface area contributed by atoms with Gasteiger partial charge in [-0.25, -0.2) is 0 Å².